The van der Waals surface area contributed by atoms with Crippen molar-refractivity contribution in [3.8, 4) is 0 Å². The summed E-state index contributed by atoms with van der Waals surface area (Å²) in [6, 6.07) is 14.2. The molecule has 2 amide bonds. The summed E-state index contributed by atoms with van der Waals surface area (Å²) in [4.78, 5) is 28.8. The second kappa shape index (κ2) is 8.31. The molecule has 2 heterocycles. The molecule has 6 nitrogen and oxygen atoms in total. The molecule has 1 aromatic carbocycles. The molecule has 0 saturated carbocycles. The number of nitrogens with one attached hydrogen (secondary N) is 2. The largest absolute Gasteiger partial charge is 0.467 e. The van der Waals surface area contributed by atoms with Crippen molar-refractivity contribution in [1.82, 2.24) is 10.3 Å². The molecule has 0 aliphatic heterocycles. The predicted octanol–water partition coefficient (Wildman–Crippen LogP) is 3.98. The SMILES string of the molecule is CC(C)c1ccc(NC(=O)c2cc(C(=O)NCc3ccco3)ccn2)cc1. The quantitative estimate of drug-likeness (QED) is 0.694. The number of hydrogen-bond acceptors (Lipinski definition) is 4. The lowest BCUT2D eigenvalue weighted by molar-refractivity contribution is 0.0948. The third kappa shape index (κ3) is 4.82. The Morgan fingerprint density at radius 3 is 2.52 bits per heavy atom. The molecule has 0 aliphatic rings. The van der Waals surface area contributed by atoms with Crippen molar-refractivity contribution in [3.05, 3.63) is 83.6 Å². The number of rotatable bonds is 6. The molecule has 0 saturated heterocycles. The third-order valence-corrected chi connectivity index (χ3v) is 4.09. The molecule has 6 heteroatoms. The van der Waals surface area contributed by atoms with Crippen LogP contribution in [0.3, 0.4) is 0 Å². The first kappa shape index (κ1) is 18.4. The highest BCUT2D eigenvalue weighted by Gasteiger charge is 2.12. The van der Waals surface area contributed by atoms with Gasteiger partial charge in [-0.05, 0) is 47.9 Å². The summed E-state index contributed by atoms with van der Waals surface area (Å²) < 4.78 is 5.18. The first-order chi connectivity index (χ1) is 13.0. The van der Waals surface area contributed by atoms with E-state index in [4.69, 9.17) is 4.42 Å². The van der Waals surface area contributed by atoms with Gasteiger partial charge in [-0.25, -0.2) is 0 Å². The van der Waals surface area contributed by atoms with Crippen LogP contribution in [0, 0.1) is 0 Å². The van der Waals surface area contributed by atoms with Crippen molar-refractivity contribution < 1.29 is 14.0 Å². The summed E-state index contributed by atoms with van der Waals surface area (Å²) in [7, 11) is 0. The molecule has 2 N–H and O–H groups in total. The van der Waals surface area contributed by atoms with Gasteiger partial charge < -0.3 is 15.1 Å². The van der Waals surface area contributed by atoms with Crippen molar-refractivity contribution >= 4 is 17.5 Å². The van der Waals surface area contributed by atoms with Gasteiger partial charge in [-0.1, -0.05) is 26.0 Å². The number of hydrogen-bond donors (Lipinski definition) is 2. The van der Waals surface area contributed by atoms with E-state index in [1.54, 1.807) is 24.5 Å². The maximum absolute atomic E-state index is 12.4. The highest BCUT2D eigenvalue weighted by molar-refractivity contribution is 6.04. The number of carbonyl (C=O) groups is 2. The van der Waals surface area contributed by atoms with Gasteiger partial charge >= 0.3 is 0 Å². The number of amides is 2. The Labute approximate surface area is 157 Å². The summed E-state index contributed by atoms with van der Waals surface area (Å²) in [5, 5.41) is 5.54. The van der Waals surface area contributed by atoms with Gasteiger partial charge in [0.05, 0.1) is 12.8 Å². The molecule has 0 aliphatic carbocycles. The molecule has 0 spiro atoms. The van der Waals surface area contributed by atoms with E-state index in [1.165, 1.54) is 17.8 Å². The van der Waals surface area contributed by atoms with Crippen molar-refractivity contribution in [2.75, 3.05) is 5.32 Å². The lowest BCUT2D eigenvalue weighted by Gasteiger charge is -2.09. The normalized spacial score (nSPS) is 10.6. The molecule has 0 radical (unpaired) electrons. The third-order valence-electron chi connectivity index (χ3n) is 4.09. The second-order valence-electron chi connectivity index (χ2n) is 6.42. The summed E-state index contributed by atoms with van der Waals surface area (Å²) in [6.07, 6.45) is 2.99. The van der Waals surface area contributed by atoms with E-state index in [1.807, 2.05) is 24.3 Å². The van der Waals surface area contributed by atoms with E-state index in [0.717, 1.165) is 0 Å². The van der Waals surface area contributed by atoms with Crippen LogP contribution in [0.15, 0.2) is 65.4 Å². The topological polar surface area (TPSA) is 84.2 Å². The van der Waals surface area contributed by atoms with Crippen LogP contribution in [0.25, 0.3) is 0 Å². The van der Waals surface area contributed by atoms with Crippen LogP contribution in [0.1, 0.15) is 51.9 Å². The maximum Gasteiger partial charge on any atom is 0.274 e. The van der Waals surface area contributed by atoms with E-state index in [9.17, 15) is 9.59 Å². The van der Waals surface area contributed by atoms with E-state index < -0.39 is 0 Å². The minimum absolute atomic E-state index is 0.175. The van der Waals surface area contributed by atoms with E-state index in [2.05, 4.69) is 29.5 Å². The number of pyridine rings is 1. The van der Waals surface area contributed by atoms with Crippen LogP contribution < -0.4 is 10.6 Å². The molecule has 3 aromatic rings. The highest BCUT2D eigenvalue weighted by atomic mass is 16.3. The minimum Gasteiger partial charge on any atom is -0.467 e. The van der Waals surface area contributed by atoms with Crippen molar-refractivity contribution in [1.29, 1.82) is 0 Å². The lowest BCUT2D eigenvalue weighted by Crippen LogP contribution is -2.23. The van der Waals surface area contributed by atoms with Crippen LogP contribution in [0.4, 0.5) is 5.69 Å². The average molecular weight is 363 g/mol. The average Bonchev–Trinajstić information content (AvgIpc) is 3.20. The standard InChI is InChI=1S/C21H21N3O3/c1-14(2)15-5-7-17(8-6-15)24-21(26)19-12-16(9-10-22-19)20(25)23-13-18-4-3-11-27-18/h3-12,14H,13H2,1-2H3,(H,23,25)(H,24,26). The molecule has 2 aromatic heterocycles. The number of anilines is 1. The first-order valence-electron chi connectivity index (χ1n) is 8.71. The molecule has 3 rings (SSSR count). The predicted molar refractivity (Wildman–Crippen MR) is 103 cm³/mol. The Morgan fingerprint density at radius 1 is 1.07 bits per heavy atom. The summed E-state index contributed by atoms with van der Waals surface area (Å²) in [5.41, 5.74) is 2.41. The van der Waals surface area contributed by atoms with Gasteiger partial charge in [0, 0.05) is 17.4 Å². The Hall–Kier alpha value is -3.41. The van der Waals surface area contributed by atoms with Crippen LogP contribution in [0.5, 0.6) is 0 Å². The fourth-order valence-electron chi connectivity index (χ4n) is 2.53. The molecule has 0 bridgehead atoms. The maximum atomic E-state index is 12.4. The highest BCUT2D eigenvalue weighted by Crippen LogP contribution is 2.17. The number of furan rings is 1. The fourth-order valence-corrected chi connectivity index (χ4v) is 2.53. The van der Waals surface area contributed by atoms with Gasteiger partial charge in [-0.2, -0.15) is 0 Å². The Bertz CT molecular complexity index is 916. The fraction of sp³-hybridized carbons (Fsp3) is 0.190. The molecule has 27 heavy (non-hydrogen) atoms. The van der Waals surface area contributed by atoms with Gasteiger partial charge in [0.25, 0.3) is 11.8 Å². The second-order valence-corrected chi connectivity index (χ2v) is 6.42. The molecular weight excluding hydrogens is 342 g/mol. The van der Waals surface area contributed by atoms with E-state index in [0.29, 0.717) is 22.9 Å². The van der Waals surface area contributed by atoms with Crippen molar-refractivity contribution in [2.24, 2.45) is 0 Å². The number of carbonyl (C=O) groups excluding carboxylic acids is 2. The molecule has 138 valence electrons. The van der Waals surface area contributed by atoms with Gasteiger partial charge in [-0.3, -0.25) is 14.6 Å². The Balaban J connectivity index is 1.65. The van der Waals surface area contributed by atoms with Crippen LogP contribution in [-0.2, 0) is 6.54 Å². The zero-order valence-electron chi connectivity index (χ0n) is 15.2. The lowest BCUT2D eigenvalue weighted by atomic mass is 10.0. The number of nitrogens with zero attached hydrogens (tertiary/aromatic N) is 1. The number of benzene rings is 1. The van der Waals surface area contributed by atoms with Gasteiger partial charge in [-0.15, -0.1) is 0 Å². The van der Waals surface area contributed by atoms with Gasteiger partial charge in [0.15, 0.2) is 0 Å². The minimum atomic E-state index is -0.368. The number of aromatic nitrogens is 1. The van der Waals surface area contributed by atoms with Crippen LogP contribution in [0.2, 0.25) is 0 Å². The van der Waals surface area contributed by atoms with Crippen LogP contribution >= 0.6 is 0 Å². The van der Waals surface area contributed by atoms with E-state index in [-0.39, 0.29) is 24.1 Å². The Kier molecular flexibility index (Phi) is 5.66. The van der Waals surface area contributed by atoms with Gasteiger partial charge in [0.1, 0.15) is 11.5 Å². The van der Waals surface area contributed by atoms with Crippen molar-refractivity contribution in [3.63, 3.8) is 0 Å². The monoisotopic (exact) mass is 363 g/mol. The Morgan fingerprint density at radius 2 is 1.85 bits per heavy atom. The van der Waals surface area contributed by atoms with E-state index >= 15 is 0 Å². The molecule has 0 fully saturated rings. The first-order valence-corrected chi connectivity index (χ1v) is 8.71. The summed E-state index contributed by atoms with van der Waals surface area (Å²) in [5.74, 6) is 0.408. The van der Waals surface area contributed by atoms with Gasteiger partial charge in [0.2, 0.25) is 0 Å². The summed E-state index contributed by atoms with van der Waals surface area (Å²) >= 11 is 0. The molecule has 0 unspecified atom stereocenters. The zero-order chi connectivity index (χ0) is 19.2. The van der Waals surface area contributed by atoms with Crippen LogP contribution in [-0.4, -0.2) is 16.8 Å². The summed E-state index contributed by atoms with van der Waals surface area (Å²) in [6.45, 7) is 4.50. The zero-order valence-corrected chi connectivity index (χ0v) is 15.2. The molecule has 0 atom stereocenters. The smallest absolute Gasteiger partial charge is 0.274 e. The molecular formula is C21H21N3O3. The van der Waals surface area contributed by atoms with Crippen molar-refractivity contribution in [2.45, 2.75) is 26.3 Å².